The summed E-state index contributed by atoms with van der Waals surface area (Å²) in [7, 11) is -29.1. The molecular weight excluding hydrogens is 1230 g/mol. The van der Waals surface area contributed by atoms with Gasteiger partial charge in [0, 0.05) is 18.5 Å². The zero-order chi connectivity index (χ0) is 61.1. The first-order valence-corrected chi connectivity index (χ1v) is 28.8. The van der Waals surface area contributed by atoms with Crippen molar-refractivity contribution >= 4 is 80.6 Å². The number of phenolic OH excluding ortho intramolecular Hbond substituents is 1. The molecule has 2 aromatic rings. The molecule has 0 bridgehead atoms. The number of carboxylic acid groups (broad SMARTS) is 2. The maximum absolute atomic E-state index is 12.7. The molecule has 46 heteroatoms. The number of rotatable bonds is 21. The predicted octanol–water partition coefficient (Wildman–Crippen LogP) is -8.77. The van der Waals surface area contributed by atoms with E-state index in [4.69, 9.17) is 37.7 Å². The summed E-state index contributed by atoms with van der Waals surface area (Å²) >= 11 is 0. The van der Waals surface area contributed by atoms with Crippen LogP contribution in [0.15, 0.2) is 36.5 Å². The number of para-hydroxylation sites is 1. The first-order valence-electron chi connectivity index (χ1n) is 21.9. The standard InChI is InChI=1S/C26H42N2O37S5.C9H7NO/c1-4(30)27-7-9(31)13(6(56-23(7)39)3-55-67(43,44)45)58-26-19(65-70(52,53)54)12(34)16(20(62-26)22(37)38)60-24-8(28-66(40,41)42)15(63-68(46,47)48)14(5(2-29)57-24)59-25-18(64-69(49,50)51)11(33)10(32)17(61-25)21(35)36;11-8-5-1-3-7-4-2-6-10-9(7)8/h5-20,23-26,28-29,31-34,39H,2-3H2,1H3,(H,27,30)(H,35,36)(H,37,38)(H,40,41,42)(H,43,44,45)(H,46,47,48)(H,49,50,51)(H,52,53,54);1-6,11H/t5-,6+,7-,8-,9-,10-,11-,12+,13-,14-,15-,16+,17-,18+,19-,20+,23-,24+,25+,26-;/m1./s1. The van der Waals surface area contributed by atoms with Crippen LogP contribution in [0, 0.1) is 0 Å². The molecule has 0 unspecified atom stereocenters. The van der Waals surface area contributed by atoms with Crippen LogP contribution in [0.3, 0.4) is 0 Å². The van der Waals surface area contributed by atoms with Crippen molar-refractivity contribution in [1.29, 1.82) is 0 Å². The lowest BCUT2D eigenvalue weighted by atomic mass is 9.94. The molecule has 0 radical (unpaired) electrons. The van der Waals surface area contributed by atoms with Gasteiger partial charge in [0.05, 0.1) is 13.2 Å². The third kappa shape index (κ3) is 18.6. The molecule has 1 aromatic carbocycles. The van der Waals surface area contributed by atoms with Gasteiger partial charge < -0.3 is 84.4 Å². The molecule has 20 atom stereocenters. The van der Waals surface area contributed by atoms with E-state index in [1.165, 1.54) is 4.72 Å². The summed E-state index contributed by atoms with van der Waals surface area (Å²) in [4.78, 5) is 40.4. The van der Waals surface area contributed by atoms with E-state index in [0.29, 0.717) is 5.52 Å². The van der Waals surface area contributed by atoms with Gasteiger partial charge in [0.1, 0.15) is 84.4 Å². The number of benzene rings is 1. The molecular formula is C35H49N3O38S5. The summed E-state index contributed by atoms with van der Waals surface area (Å²) in [6.07, 6.45) is -47.4. The van der Waals surface area contributed by atoms with Gasteiger partial charge in [-0.15, -0.1) is 0 Å². The predicted molar refractivity (Wildman–Crippen MR) is 244 cm³/mol. The van der Waals surface area contributed by atoms with Crippen molar-refractivity contribution in [2.45, 2.75) is 130 Å². The lowest BCUT2D eigenvalue weighted by molar-refractivity contribution is -0.366. The first kappa shape index (κ1) is 67.5. The maximum atomic E-state index is 12.7. The van der Waals surface area contributed by atoms with E-state index in [-0.39, 0.29) is 5.75 Å². The molecule has 1 aromatic heterocycles. The average molecular weight is 1280 g/mol. The second-order valence-corrected chi connectivity index (χ2v) is 22.4. The number of carboxylic acids is 2. The van der Waals surface area contributed by atoms with Gasteiger partial charge in [-0.1, -0.05) is 18.2 Å². The van der Waals surface area contributed by atoms with Crippen LogP contribution in [-0.4, -0.2) is 270 Å². The van der Waals surface area contributed by atoms with Crippen LogP contribution < -0.4 is 10.0 Å². The molecule has 0 aliphatic carbocycles. The molecule has 4 aliphatic heterocycles. The SMILES string of the molecule is CC(=O)N[C@@H]1[C@@H](O)[C@H](O[C@@H]2O[C@H](C(=O)O)[C@@H](O[C@@H]3O[C@H](CO)[C@@H](O[C@H]4O[C@@H](C(=O)O)[C@H](O)[C@@H](O)[C@@H]4OS(=O)(=O)O)[C@H](OS(=O)(=O)O)[C@H]3NS(=O)(=O)O)[C@H](O)[C@H]2OS(=O)(=O)O)[C@H](COS(=O)(=O)O)O[C@H]1O.Oc1cccc2cccnc12. The number of aliphatic hydroxyl groups excluding tert-OH is 6. The minimum atomic E-state index is -6.09. The van der Waals surface area contributed by atoms with Crippen molar-refractivity contribution in [3.05, 3.63) is 36.5 Å². The molecule has 81 heavy (non-hydrogen) atoms. The molecule has 0 spiro atoms. The number of nitrogens with one attached hydrogen (secondary N) is 2. The Bertz CT molecular complexity index is 3120. The number of ether oxygens (including phenoxy) is 7. The third-order valence-corrected chi connectivity index (χ3v) is 13.7. The van der Waals surface area contributed by atoms with Crippen LogP contribution in [0.25, 0.3) is 10.9 Å². The highest BCUT2D eigenvalue weighted by Crippen LogP contribution is 2.37. The number of hydrogen-bond donors (Lipinski definition) is 16. The van der Waals surface area contributed by atoms with Crippen LogP contribution in [0.5, 0.6) is 5.75 Å². The first-order chi connectivity index (χ1) is 37.2. The summed E-state index contributed by atoms with van der Waals surface area (Å²) in [5.74, 6) is -5.25. The topological polar surface area (TPSA) is 644 Å². The van der Waals surface area contributed by atoms with E-state index in [9.17, 15) is 121 Å². The number of hydrogen-bond acceptors (Lipinski definition) is 32. The molecule has 0 saturated carbocycles. The fraction of sp³-hybridized carbons (Fsp3) is 0.657. The van der Waals surface area contributed by atoms with E-state index < -0.39 is 206 Å². The number of fused-ring (bicyclic) bond motifs is 1. The summed E-state index contributed by atoms with van der Waals surface area (Å²) in [5.41, 5.74) is 0.662. The van der Waals surface area contributed by atoms with Gasteiger partial charge >= 0.3 is 63.8 Å². The summed E-state index contributed by atoms with van der Waals surface area (Å²) < 4.78 is 222. The van der Waals surface area contributed by atoms with Crippen molar-refractivity contribution in [2.24, 2.45) is 0 Å². The van der Waals surface area contributed by atoms with E-state index in [0.717, 1.165) is 12.3 Å². The zero-order valence-electron chi connectivity index (χ0n) is 40.0. The lowest BCUT2D eigenvalue weighted by Crippen LogP contribution is -2.71. The minimum Gasteiger partial charge on any atom is -0.506 e. The van der Waals surface area contributed by atoms with Gasteiger partial charge in [-0.25, -0.2) is 26.3 Å². The Balaban J connectivity index is 0.000000964. The fourth-order valence-electron chi connectivity index (χ4n) is 8.14. The summed E-state index contributed by atoms with van der Waals surface area (Å²) in [6, 6.07) is 4.17. The molecule has 1 amide bonds. The van der Waals surface area contributed by atoms with Crippen LogP contribution in [0.1, 0.15) is 6.92 Å². The second-order valence-electron chi connectivity index (χ2n) is 17.0. The van der Waals surface area contributed by atoms with Crippen molar-refractivity contribution in [1.82, 2.24) is 15.0 Å². The van der Waals surface area contributed by atoms with Gasteiger partial charge in [-0.05, 0) is 12.1 Å². The average Bonchev–Trinajstić information content (AvgIpc) is 3.54. The Morgan fingerprint density at radius 2 is 1.10 bits per heavy atom. The largest absolute Gasteiger partial charge is 0.506 e. The number of phenols is 1. The molecule has 462 valence electrons. The third-order valence-electron chi connectivity index (χ3n) is 11.3. The molecule has 4 aliphatic rings. The normalized spacial score (nSPS) is 35.3. The highest BCUT2D eigenvalue weighted by Gasteiger charge is 2.60. The number of pyridine rings is 1. The Morgan fingerprint density at radius 3 is 1.60 bits per heavy atom. The lowest BCUT2D eigenvalue weighted by Gasteiger charge is -2.50. The van der Waals surface area contributed by atoms with E-state index in [1.54, 1.807) is 18.3 Å². The highest BCUT2D eigenvalue weighted by molar-refractivity contribution is 7.83. The maximum Gasteiger partial charge on any atom is 0.397 e. The quantitative estimate of drug-likeness (QED) is 0.0516. The molecule has 4 saturated heterocycles. The van der Waals surface area contributed by atoms with Gasteiger partial charge in [0.2, 0.25) is 5.91 Å². The zero-order valence-corrected chi connectivity index (χ0v) is 44.1. The van der Waals surface area contributed by atoms with E-state index in [2.05, 4.69) is 21.7 Å². The number of aliphatic hydroxyl groups is 6. The summed E-state index contributed by atoms with van der Waals surface area (Å²) in [6.45, 7) is -2.24. The van der Waals surface area contributed by atoms with Crippen molar-refractivity contribution in [3.63, 3.8) is 0 Å². The number of amides is 1. The molecule has 5 heterocycles. The Hall–Kier alpha value is -4.33. The molecule has 41 nitrogen and oxygen atoms in total. The highest BCUT2D eigenvalue weighted by atomic mass is 32.3. The van der Waals surface area contributed by atoms with Crippen molar-refractivity contribution < 1.29 is 175 Å². The minimum absolute atomic E-state index is 0.239. The summed E-state index contributed by atoms with van der Waals surface area (Å²) in [5, 5.41) is 96.3. The Morgan fingerprint density at radius 1 is 0.580 bits per heavy atom. The van der Waals surface area contributed by atoms with Crippen LogP contribution in [0.4, 0.5) is 0 Å². The number of nitrogens with zero attached hydrogens (tertiary/aromatic N) is 1. The molecule has 16 N–H and O–H groups in total. The van der Waals surface area contributed by atoms with Crippen molar-refractivity contribution in [3.8, 4) is 5.75 Å². The van der Waals surface area contributed by atoms with Crippen LogP contribution >= 0.6 is 0 Å². The van der Waals surface area contributed by atoms with Crippen molar-refractivity contribution in [2.75, 3.05) is 13.2 Å². The monoisotopic (exact) mass is 1280 g/mol. The number of aliphatic carboxylic acids is 2. The number of aromatic nitrogens is 1. The number of aromatic hydroxyl groups is 1. The second kappa shape index (κ2) is 26.7. The van der Waals surface area contributed by atoms with Gasteiger partial charge in [0.25, 0.3) is 0 Å². The van der Waals surface area contributed by atoms with Gasteiger partial charge in [-0.3, -0.25) is 32.5 Å². The molecule has 4 fully saturated rings. The number of carbonyl (C=O) groups excluding carboxylic acids is 1. The number of carbonyl (C=O) groups is 3. The van der Waals surface area contributed by atoms with E-state index in [1.807, 2.05) is 23.5 Å². The van der Waals surface area contributed by atoms with Crippen LogP contribution in [-0.2, 0) is 116 Å². The Kier molecular flexibility index (Phi) is 22.2. The smallest absolute Gasteiger partial charge is 0.397 e. The van der Waals surface area contributed by atoms with Gasteiger partial charge in [-0.2, -0.15) is 46.8 Å². The van der Waals surface area contributed by atoms with E-state index >= 15 is 0 Å². The fourth-order valence-corrected chi connectivity index (χ4v) is 10.5. The molecule has 6 rings (SSSR count). The van der Waals surface area contributed by atoms with Gasteiger partial charge in [0.15, 0.2) is 49.6 Å². The van der Waals surface area contributed by atoms with Crippen LogP contribution in [0.2, 0.25) is 0 Å². The Labute approximate surface area is 454 Å².